The maximum absolute atomic E-state index is 14.5. The summed E-state index contributed by atoms with van der Waals surface area (Å²) < 4.78 is 43.9. The summed E-state index contributed by atoms with van der Waals surface area (Å²) in [5.74, 6) is -1.11. The van der Waals surface area contributed by atoms with E-state index in [0.717, 1.165) is 6.07 Å². The average molecular weight is 383 g/mol. The van der Waals surface area contributed by atoms with Gasteiger partial charge < -0.3 is 10.1 Å². The zero-order chi connectivity index (χ0) is 18.9. The third-order valence-electron chi connectivity index (χ3n) is 4.19. The van der Waals surface area contributed by atoms with Crippen molar-refractivity contribution in [3.8, 4) is 0 Å². The lowest BCUT2D eigenvalue weighted by atomic mass is 10.1. The van der Waals surface area contributed by atoms with Gasteiger partial charge in [0.25, 0.3) is 0 Å². The van der Waals surface area contributed by atoms with E-state index in [9.17, 15) is 22.4 Å². The standard InChI is InChI=1S/C16H18FN3O5S/c1-10(21)19-7-12-9-20(16(22)25-12)11-2-3-13(14(17)6-11)15-8-18-4-5-26(15,23)24/h2-3,6,8,12,15H,4-5,7,9H2,1H3,(H,19,21)/t12-,15?/m0/s1. The van der Waals surface area contributed by atoms with Crippen LogP contribution in [0.15, 0.2) is 23.2 Å². The summed E-state index contributed by atoms with van der Waals surface area (Å²) >= 11 is 0. The van der Waals surface area contributed by atoms with Crippen LogP contribution in [0.5, 0.6) is 0 Å². The molecule has 2 atom stereocenters. The minimum Gasteiger partial charge on any atom is -0.442 e. The van der Waals surface area contributed by atoms with E-state index in [1.807, 2.05) is 0 Å². The molecule has 0 bridgehead atoms. The molecule has 3 rings (SSSR count). The maximum Gasteiger partial charge on any atom is 0.414 e. The van der Waals surface area contributed by atoms with Crippen molar-refractivity contribution in [1.82, 2.24) is 5.32 Å². The van der Waals surface area contributed by atoms with Gasteiger partial charge in [-0.1, -0.05) is 6.07 Å². The van der Waals surface area contributed by atoms with Crippen molar-refractivity contribution in [2.75, 3.05) is 30.3 Å². The molecule has 2 amide bonds. The molecule has 2 aliphatic heterocycles. The number of anilines is 1. The molecule has 0 aromatic heterocycles. The first-order chi connectivity index (χ1) is 12.3. The summed E-state index contributed by atoms with van der Waals surface area (Å²) in [4.78, 5) is 28.1. The molecule has 140 valence electrons. The molecule has 0 spiro atoms. The van der Waals surface area contributed by atoms with Crippen molar-refractivity contribution >= 4 is 33.7 Å². The SMILES string of the molecule is CC(=O)NC[C@H]1CN(c2ccc(C3C=NCCS3(=O)=O)c(F)c2)C(=O)O1. The number of nitrogens with zero attached hydrogens (tertiary/aromatic N) is 2. The fourth-order valence-electron chi connectivity index (χ4n) is 2.85. The number of carbonyl (C=O) groups is 2. The molecule has 1 unspecified atom stereocenters. The molecule has 2 aliphatic rings. The van der Waals surface area contributed by atoms with Crippen molar-refractivity contribution in [1.29, 1.82) is 0 Å². The molecular formula is C16H18FN3O5S. The Labute approximate surface area is 150 Å². The van der Waals surface area contributed by atoms with Crippen LogP contribution in [0.4, 0.5) is 14.9 Å². The number of sulfone groups is 1. The fraction of sp³-hybridized carbons (Fsp3) is 0.438. The molecule has 1 N–H and O–H groups in total. The van der Waals surface area contributed by atoms with Crippen molar-refractivity contribution in [2.45, 2.75) is 18.3 Å². The summed E-state index contributed by atoms with van der Waals surface area (Å²) in [7, 11) is -3.50. The van der Waals surface area contributed by atoms with Crippen molar-refractivity contribution in [3.63, 3.8) is 0 Å². The van der Waals surface area contributed by atoms with Gasteiger partial charge in [0.05, 0.1) is 31.1 Å². The van der Waals surface area contributed by atoms with Gasteiger partial charge >= 0.3 is 6.09 Å². The van der Waals surface area contributed by atoms with Gasteiger partial charge in [-0.3, -0.25) is 14.7 Å². The second-order valence-electron chi connectivity index (χ2n) is 6.10. The Kier molecular flexibility index (Phi) is 4.94. The van der Waals surface area contributed by atoms with Gasteiger partial charge in [-0.2, -0.15) is 0 Å². The molecule has 0 saturated carbocycles. The number of aliphatic imine (C=N–C) groups is 1. The lowest BCUT2D eigenvalue weighted by molar-refractivity contribution is -0.119. The average Bonchev–Trinajstić information content (AvgIpc) is 2.94. The van der Waals surface area contributed by atoms with Crippen LogP contribution in [0, 0.1) is 5.82 Å². The summed E-state index contributed by atoms with van der Waals surface area (Å²) in [6.07, 6.45) is 0.0455. The highest BCUT2D eigenvalue weighted by Gasteiger charge is 2.34. The molecule has 10 heteroatoms. The first-order valence-corrected chi connectivity index (χ1v) is 9.73. The summed E-state index contributed by atoms with van der Waals surface area (Å²) in [6.45, 7) is 1.84. The number of hydrogen-bond acceptors (Lipinski definition) is 6. The first kappa shape index (κ1) is 18.3. The Balaban J connectivity index is 1.80. The second kappa shape index (κ2) is 7.02. The Hall–Kier alpha value is -2.49. The van der Waals surface area contributed by atoms with Crippen LogP contribution in [0.25, 0.3) is 0 Å². The van der Waals surface area contributed by atoms with Crippen LogP contribution in [-0.4, -0.2) is 58.1 Å². The zero-order valence-corrected chi connectivity index (χ0v) is 14.8. The van der Waals surface area contributed by atoms with Crippen LogP contribution >= 0.6 is 0 Å². The Morgan fingerprint density at radius 1 is 1.46 bits per heavy atom. The third kappa shape index (κ3) is 3.69. The van der Waals surface area contributed by atoms with Crippen LogP contribution in [0.3, 0.4) is 0 Å². The Morgan fingerprint density at radius 2 is 2.23 bits per heavy atom. The number of hydrogen-bond donors (Lipinski definition) is 1. The summed E-state index contributed by atoms with van der Waals surface area (Å²) in [6, 6.07) is 3.92. The molecule has 8 nitrogen and oxygen atoms in total. The van der Waals surface area contributed by atoms with Gasteiger partial charge in [-0.15, -0.1) is 0 Å². The highest BCUT2D eigenvalue weighted by Crippen LogP contribution is 2.30. The molecule has 1 aromatic rings. The van der Waals surface area contributed by atoms with Gasteiger partial charge in [0.2, 0.25) is 5.91 Å². The van der Waals surface area contributed by atoms with Gasteiger partial charge in [0.15, 0.2) is 9.84 Å². The molecule has 0 aliphatic carbocycles. The predicted octanol–water partition coefficient (Wildman–Crippen LogP) is 0.827. The number of carbonyl (C=O) groups excluding carboxylic acids is 2. The Morgan fingerprint density at radius 3 is 2.88 bits per heavy atom. The highest BCUT2D eigenvalue weighted by molar-refractivity contribution is 7.92. The lowest BCUT2D eigenvalue weighted by Crippen LogP contribution is -2.33. The monoisotopic (exact) mass is 383 g/mol. The van der Waals surface area contributed by atoms with E-state index in [0.29, 0.717) is 0 Å². The van der Waals surface area contributed by atoms with E-state index in [1.165, 1.54) is 30.2 Å². The molecule has 1 saturated heterocycles. The minimum atomic E-state index is -3.50. The molecule has 1 aromatic carbocycles. The van der Waals surface area contributed by atoms with E-state index in [-0.39, 0.29) is 42.5 Å². The zero-order valence-electron chi connectivity index (χ0n) is 14.0. The Bertz CT molecular complexity index is 871. The summed E-state index contributed by atoms with van der Waals surface area (Å²) in [5, 5.41) is 1.43. The van der Waals surface area contributed by atoms with E-state index < -0.39 is 33.1 Å². The van der Waals surface area contributed by atoms with Crippen LogP contribution < -0.4 is 10.2 Å². The van der Waals surface area contributed by atoms with Gasteiger partial charge in [0.1, 0.15) is 17.2 Å². The normalized spacial score (nSPS) is 24.4. The fourth-order valence-corrected chi connectivity index (χ4v) is 4.32. The summed E-state index contributed by atoms with van der Waals surface area (Å²) in [5.41, 5.74) is 0.256. The number of nitrogens with one attached hydrogen (secondary N) is 1. The predicted molar refractivity (Wildman–Crippen MR) is 92.6 cm³/mol. The van der Waals surface area contributed by atoms with Crippen molar-refractivity contribution in [2.24, 2.45) is 4.99 Å². The number of ether oxygens (including phenoxy) is 1. The highest BCUT2D eigenvalue weighted by atomic mass is 32.2. The maximum atomic E-state index is 14.5. The van der Waals surface area contributed by atoms with Gasteiger partial charge in [0, 0.05) is 18.7 Å². The van der Waals surface area contributed by atoms with E-state index in [1.54, 1.807) is 0 Å². The van der Waals surface area contributed by atoms with E-state index >= 15 is 0 Å². The number of halogens is 1. The van der Waals surface area contributed by atoms with Crippen LogP contribution in [0.1, 0.15) is 17.7 Å². The first-order valence-electron chi connectivity index (χ1n) is 8.01. The lowest BCUT2D eigenvalue weighted by Gasteiger charge is -2.19. The van der Waals surface area contributed by atoms with Gasteiger partial charge in [-0.25, -0.2) is 17.6 Å². The molecule has 2 heterocycles. The number of benzene rings is 1. The van der Waals surface area contributed by atoms with Crippen molar-refractivity contribution in [3.05, 3.63) is 29.6 Å². The second-order valence-corrected chi connectivity index (χ2v) is 8.34. The molecule has 1 fully saturated rings. The third-order valence-corrected chi connectivity index (χ3v) is 6.09. The minimum absolute atomic E-state index is 0.000407. The molecular weight excluding hydrogens is 365 g/mol. The van der Waals surface area contributed by atoms with Crippen LogP contribution in [0.2, 0.25) is 0 Å². The number of amides is 2. The largest absolute Gasteiger partial charge is 0.442 e. The molecule has 0 radical (unpaired) electrons. The van der Waals surface area contributed by atoms with Gasteiger partial charge in [-0.05, 0) is 12.1 Å². The topological polar surface area (TPSA) is 105 Å². The quantitative estimate of drug-likeness (QED) is 0.829. The smallest absolute Gasteiger partial charge is 0.414 e. The van der Waals surface area contributed by atoms with Crippen LogP contribution in [-0.2, 0) is 19.4 Å². The number of rotatable bonds is 4. The number of cyclic esters (lactones) is 1. The van der Waals surface area contributed by atoms with E-state index in [4.69, 9.17) is 4.74 Å². The van der Waals surface area contributed by atoms with E-state index in [2.05, 4.69) is 10.3 Å². The van der Waals surface area contributed by atoms with Crippen molar-refractivity contribution < 1.29 is 27.1 Å². The molecule has 26 heavy (non-hydrogen) atoms.